The summed E-state index contributed by atoms with van der Waals surface area (Å²) in [6.07, 6.45) is 0.313. The topological polar surface area (TPSA) is 112 Å². The van der Waals surface area contributed by atoms with Crippen LogP contribution in [0.25, 0.3) is 0 Å². The van der Waals surface area contributed by atoms with Crippen LogP contribution < -0.4 is 0 Å². The molecule has 1 unspecified atom stereocenters. The van der Waals surface area contributed by atoms with E-state index in [0.29, 0.717) is 6.42 Å². The Kier molecular flexibility index (Phi) is 5.29. The van der Waals surface area contributed by atoms with Gasteiger partial charge in [-0.25, -0.2) is 13.2 Å². The van der Waals surface area contributed by atoms with Crippen LogP contribution in [0, 0.1) is 0 Å². The number of amides is 1. The number of aliphatic carboxylic acids is 1. The molecule has 8 heteroatoms. The molecule has 1 amide bonds. The maximum Gasteiger partial charge on any atom is 0.331 e. The van der Waals surface area contributed by atoms with E-state index in [9.17, 15) is 18.0 Å². The van der Waals surface area contributed by atoms with Crippen molar-refractivity contribution in [3.63, 3.8) is 0 Å². The molecule has 1 atom stereocenters. The summed E-state index contributed by atoms with van der Waals surface area (Å²) < 4.78 is 23.0. The highest BCUT2D eigenvalue weighted by Crippen LogP contribution is 2.20. The molecular weight excluding hydrogens is 286 g/mol. The van der Waals surface area contributed by atoms with Crippen molar-refractivity contribution in [2.45, 2.75) is 26.3 Å². The van der Waals surface area contributed by atoms with Crippen LogP contribution in [0.4, 0.5) is 0 Å². The zero-order valence-corrected chi connectivity index (χ0v) is 12.3. The Labute approximate surface area is 117 Å². The van der Waals surface area contributed by atoms with Gasteiger partial charge in [0, 0.05) is 23.7 Å². The van der Waals surface area contributed by atoms with Gasteiger partial charge >= 0.3 is 5.97 Å². The molecule has 0 spiro atoms. The Morgan fingerprint density at radius 1 is 1.25 bits per heavy atom. The second-order valence-corrected chi connectivity index (χ2v) is 7.06. The standard InChI is InChI=1S/C12H19NO6S/c1-8(9(2)12(16)17)11(15)13(4-5-14)10-3-6-20(18,19)7-10/h10,14H,3-7H2,1-2H3,(H,16,17). The van der Waals surface area contributed by atoms with Crippen molar-refractivity contribution in [2.24, 2.45) is 0 Å². The van der Waals surface area contributed by atoms with Crippen molar-refractivity contribution in [3.05, 3.63) is 11.1 Å². The van der Waals surface area contributed by atoms with Gasteiger partial charge < -0.3 is 15.1 Å². The van der Waals surface area contributed by atoms with Crippen molar-refractivity contribution in [3.8, 4) is 0 Å². The first kappa shape index (κ1) is 16.6. The number of rotatable bonds is 5. The number of aliphatic hydroxyl groups excluding tert-OH is 1. The maximum atomic E-state index is 12.3. The highest BCUT2D eigenvalue weighted by atomic mass is 32.2. The molecule has 0 aliphatic carbocycles. The molecule has 1 rings (SSSR count). The zero-order chi connectivity index (χ0) is 15.5. The van der Waals surface area contributed by atoms with E-state index in [2.05, 4.69) is 0 Å². The van der Waals surface area contributed by atoms with E-state index in [1.165, 1.54) is 18.7 Å². The van der Waals surface area contributed by atoms with Crippen LogP contribution in [0.1, 0.15) is 20.3 Å². The minimum atomic E-state index is -3.16. The Balaban J connectivity index is 3.00. The second kappa shape index (κ2) is 6.36. The summed E-state index contributed by atoms with van der Waals surface area (Å²) in [4.78, 5) is 24.4. The SMILES string of the molecule is CC(C(=O)O)=C(C)C(=O)N(CCO)C1CCS(=O)(=O)C1. The fraction of sp³-hybridized carbons (Fsp3) is 0.667. The fourth-order valence-corrected chi connectivity index (χ4v) is 3.85. The van der Waals surface area contributed by atoms with Gasteiger partial charge in [-0.15, -0.1) is 0 Å². The van der Waals surface area contributed by atoms with Gasteiger partial charge in [-0.05, 0) is 20.3 Å². The highest BCUT2D eigenvalue weighted by molar-refractivity contribution is 7.91. The van der Waals surface area contributed by atoms with Crippen LogP contribution in [0.15, 0.2) is 11.1 Å². The first-order valence-corrected chi connectivity index (χ1v) is 8.04. The fourth-order valence-electron chi connectivity index (χ4n) is 2.12. The Hall–Kier alpha value is -1.41. The quantitative estimate of drug-likeness (QED) is 0.657. The van der Waals surface area contributed by atoms with Crippen LogP contribution in [-0.2, 0) is 19.4 Å². The van der Waals surface area contributed by atoms with Crippen LogP contribution >= 0.6 is 0 Å². The average Bonchev–Trinajstić information content (AvgIpc) is 2.73. The second-order valence-electron chi connectivity index (χ2n) is 4.83. The molecule has 0 bridgehead atoms. The molecule has 1 aliphatic rings. The molecule has 114 valence electrons. The van der Waals surface area contributed by atoms with Crippen molar-refractivity contribution >= 4 is 21.7 Å². The molecular formula is C12H19NO6S. The van der Waals surface area contributed by atoms with Crippen LogP contribution in [-0.4, -0.2) is 66.1 Å². The Morgan fingerprint density at radius 3 is 2.25 bits per heavy atom. The lowest BCUT2D eigenvalue weighted by atomic mass is 10.1. The van der Waals surface area contributed by atoms with Gasteiger partial charge in [0.2, 0.25) is 5.91 Å². The number of aliphatic hydroxyl groups is 1. The number of hydrogen-bond acceptors (Lipinski definition) is 5. The van der Waals surface area contributed by atoms with Crippen LogP contribution in [0.3, 0.4) is 0 Å². The summed E-state index contributed by atoms with van der Waals surface area (Å²) in [5.74, 6) is -1.87. The summed E-state index contributed by atoms with van der Waals surface area (Å²) in [7, 11) is -3.16. The van der Waals surface area contributed by atoms with Crippen molar-refractivity contribution in [2.75, 3.05) is 24.7 Å². The van der Waals surface area contributed by atoms with Gasteiger partial charge in [0.1, 0.15) is 0 Å². The van der Waals surface area contributed by atoms with Crippen molar-refractivity contribution in [1.82, 2.24) is 4.90 Å². The molecule has 20 heavy (non-hydrogen) atoms. The highest BCUT2D eigenvalue weighted by Gasteiger charge is 2.35. The zero-order valence-electron chi connectivity index (χ0n) is 11.5. The third-order valence-corrected chi connectivity index (χ3v) is 5.21. The first-order chi connectivity index (χ1) is 9.19. The van der Waals surface area contributed by atoms with Gasteiger partial charge in [-0.3, -0.25) is 4.79 Å². The minimum absolute atomic E-state index is 0.00749. The van der Waals surface area contributed by atoms with E-state index in [-0.39, 0.29) is 35.8 Å². The van der Waals surface area contributed by atoms with E-state index in [1.807, 2.05) is 0 Å². The molecule has 1 heterocycles. The van der Waals surface area contributed by atoms with Crippen molar-refractivity contribution < 1.29 is 28.2 Å². The molecule has 1 saturated heterocycles. The van der Waals surface area contributed by atoms with Crippen LogP contribution in [0.5, 0.6) is 0 Å². The predicted octanol–water partition coefficient (Wildman–Crippen LogP) is -0.585. The van der Waals surface area contributed by atoms with Crippen LogP contribution in [0.2, 0.25) is 0 Å². The predicted molar refractivity (Wildman–Crippen MR) is 71.9 cm³/mol. The summed E-state index contributed by atoms with van der Waals surface area (Å²) in [5, 5.41) is 17.9. The summed E-state index contributed by atoms with van der Waals surface area (Å²) >= 11 is 0. The number of carbonyl (C=O) groups excluding carboxylic acids is 1. The molecule has 7 nitrogen and oxygen atoms in total. The van der Waals surface area contributed by atoms with E-state index >= 15 is 0 Å². The lowest BCUT2D eigenvalue weighted by Crippen LogP contribution is -2.43. The van der Waals surface area contributed by atoms with Gasteiger partial charge in [0.05, 0.1) is 18.1 Å². The largest absolute Gasteiger partial charge is 0.478 e. The third-order valence-electron chi connectivity index (χ3n) is 3.46. The van der Waals surface area contributed by atoms with E-state index < -0.39 is 27.8 Å². The lowest BCUT2D eigenvalue weighted by Gasteiger charge is -2.28. The smallest absolute Gasteiger partial charge is 0.331 e. The van der Waals surface area contributed by atoms with E-state index in [4.69, 9.17) is 10.2 Å². The molecule has 1 fully saturated rings. The summed E-state index contributed by atoms with van der Waals surface area (Å²) in [5.41, 5.74) is -0.0333. The number of carbonyl (C=O) groups is 2. The number of carboxylic acid groups (broad SMARTS) is 1. The molecule has 0 aromatic rings. The minimum Gasteiger partial charge on any atom is -0.478 e. The van der Waals surface area contributed by atoms with Crippen molar-refractivity contribution in [1.29, 1.82) is 0 Å². The molecule has 0 aromatic heterocycles. The maximum absolute atomic E-state index is 12.3. The molecule has 1 aliphatic heterocycles. The van der Waals surface area contributed by atoms with Gasteiger partial charge in [-0.1, -0.05) is 0 Å². The number of carboxylic acids is 1. The van der Waals surface area contributed by atoms with E-state index in [1.54, 1.807) is 0 Å². The monoisotopic (exact) mass is 305 g/mol. The molecule has 0 radical (unpaired) electrons. The number of hydrogen-bond donors (Lipinski definition) is 2. The number of sulfone groups is 1. The normalized spacial score (nSPS) is 22.2. The first-order valence-electron chi connectivity index (χ1n) is 6.22. The Morgan fingerprint density at radius 2 is 1.85 bits per heavy atom. The molecule has 2 N–H and O–H groups in total. The van der Waals surface area contributed by atoms with Gasteiger partial charge in [-0.2, -0.15) is 0 Å². The lowest BCUT2D eigenvalue weighted by molar-refractivity contribution is -0.134. The summed E-state index contributed by atoms with van der Waals surface area (Å²) in [6, 6.07) is -0.504. The summed E-state index contributed by atoms with van der Waals surface area (Å²) in [6.45, 7) is 2.39. The van der Waals surface area contributed by atoms with E-state index in [0.717, 1.165) is 0 Å². The molecule has 0 aromatic carbocycles. The molecule has 0 saturated carbocycles. The third kappa shape index (κ3) is 3.80. The number of nitrogens with zero attached hydrogens (tertiary/aromatic N) is 1. The van der Waals surface area contributed by atoms with Gasteiger partial charge in [0.15, 0.2) is 9.84 Å². The Bertz CT molecular complexity index is 536. The average molecular weight is 305 g/mol. The van der Waals surface area contributed by atoms with Gasteiger partial charge in [0.25, 0.3) is 0 Å².